The number of nitrogens with zero attached hydrogens (tertiary/aromatic N) is 1. The van der Waals surface area contributed by atoms with Crippen LogP contribution in [-0.4, -0.2) is 52.8 Å². The predicted octanol–water partition coefficient (Wildman–Crippen LogP) is 1.71. The van der Waals surface area contributed by atoms with Crippen LogP contribution in [-0.2, 0) is 0 Å². The fourth-order valence-electron chi connectivity index (χ4n) is 3.28. The second kappa shape index (κ2) is 6.56. The highest BCUT2D eigenvalue weighted by Crippen LogP contribution is 2.33. The highest BCUT2D eigenvalue weighted by molar-refractivity contribution is 6.20. The van der Waals surface area contributed by atoms with Crippen LogP contribution in [0.5, 0.6) is 0 Å². The number of rotatable bonds is 3. The first-order chi connectivity index (χ1) is 8.60. The Bertz CT molecular complexity index is 256. The third-order valence-electron chi connectivity index (χ3n) is 4.76. The van der Waals surface area contributed by atoms with Gasteiger partial charge in [-0.25, -0.2) is 0 Å². The van der Waals surface area contributed by atoms with E-state index >= 15 is 0 Å². The summed E-state index contributed by atoms with van der Waals surface area (Å²) in [5, 5.41) is 19.5. The minimum absolute atomic E-state index is 0.189. The van der Waals surface area contributed by atoms with E-state index in [1.54, 1.807) is 0 Å². The third kappa shape index (κ3) is 3.60. The summed E-state index contributed by atoms with van der Waals surface area (Å²) in [7, 11) is 0. The van der Waals surface area contributed by atoms with E-state index in [9.17, 15) is 5.11 Å². The van der Waals surface area contributed by atoms with Crippen LogP contribution in [0.15, 0.2) is 0 Å². The summed E-state index contributed by atoms with van der Waals surface area (Å²) in [5.41, 5.74) is 0. The van der Waals surface area contributed by atoms with Crippen LogP contribution in [0.4, 0.5) is 0 Å². The molecule has 2 rings (SSSR count). The Balaban J connectivity index is 1.79. The molecule has 2 fully saturated rings. The van der Waals surface area contributed by atoms with Gasteiger partial charge in [-0.05, 0) is 56.5 Å². The van der Waals surface area contributed by atoms with Crippen LogP contribution in [0.25, 0.3) is 0 Å². The van der Waals surface area contributed by atoms with E-state index in [0.717, 1.165) is 45.3 Å². The van der Waals surface area contributed by atoms with Gasteiger partial charge in [0.2, 0.25) is 0 Å². The van der Waals surface area contributed by atoms with Gasteiger partial charge in [0, 0.05) is 18.5 Å². The Morgan fingerprint density at radius 1 is 1.22 bits per heavy atom. The van der Waals surface area contributed by atoms with Gasteiger partial charge in [-0.1, -0.05) is 6.92 Å². The summed E-state index contributed by atoms with van der Waals surface area (Å²) < 4.78 is 0. The molecule has 1 heterocycles. The van der Waals surface area contributed by atoms with E-state index in [1.165, 1.54) is 0 Å². The highest BCUT2D eigenvalue weighted by atomic mass is 35.5. The van der Waals surface area contributed by atoms with E-state index in [-0.39, 0.29) is 11.5 Å². The average Bonchev–Trinajstić information content (AvgIpc) is 2.37. The zero-order valence-electron chi connectivity index (χ0n) is 11.3. The van der Waals surface area contributed by atoms with Gasteiger partial charge in [-0.2, -0.15) is 0 Å². The number of hydrogen-bond donors (Lipinski definition) is 2. The smallest absolute Gasteiger partial charge is 0.0584 e. The first kappa shape index (κ1) is 14.6. The topological polar surface area (TPSA) is 43.7 Å². The number of aliphatic hydroxyl groups is 2. The van der Waals surface area contributed by atoms with Crippen LogP contribution >= 0.6 is 11.6 Å². The molecule has 0 aromatic heterocycles. The molecular formula is C14H26ClNO2. The standard InChI is InChI=1S/C14H26ClNO2/c1-10-6-14(18)12(7-13(10)15)8-16-4-2-11(9-17)3-5-16/h10-14,17-18H,2-9H2,1H3. The Hall–Kier alpha value is 0.170. The van der Waals surface area contributed by atoms with Gasteiger partial charge in [0.05, 0.1) is 6.10 Å². The van der Waals surface area contributed by atoms with Crippen molar-refractivity contribution >= 4 is 11.6 Å². The molecule has 0 aromatic rings. The normalized spacial score (nSPS) is 40.0. The maximum Gasteiger partial charge on any atom is 0.0584 e. The maximum atomic E-state index is 10.2. The van der Waals surface area contributed by atoms with E-state index in [2.05, 4.69) is 11.8 Å². The zero-order valence-corrected chi connectivity index (χ0v) is 12.0. The van der Waals surface area contributed by atoms with Crippen LogP contribution in [0.1, 0.15) is 32.6 Å². The van der Waals surface area contributed by atoms with Crippen molar-refractivity contribution in [2.75, 3.05) is 26.2 Å². The molecule has 1 aliphatic heterocycles. The summed E-state index contributed by atoms with van der Waals surface area (Å²) in [6.45, 7) is 5.52. The lowest BCUT2D eigenvalue weighted by atomic mass is 9.79. The molecule has 1 saturated carbocycles. The van der Waals surface area contributed by atoms with Gasteiger partial charge in [-0.15, -0.1) is 11.6 Å². The molecule has 1 aliphatic carbocycles. The lowest BCUT2D eigenvalue weighted by Crippen LogP contribution is -2.44. The van der Waals surface area contributed by atoms with Crippen molar-refractivity contribution in [2.24, 2.45) is 17.8 Å². The lowest BCUT2D eigenvalue weighted by molar-refractivity contribution is 0.0214. The highest BCUT2D eigenvalue weighted by Gasteiger charge is 2.34. The molecule has 0 spiro atoms. The molecule has 4 heteroatoms. The van der Waals surface area contributed by atoms with Gasteiger partial charge in [0.15, 0.2) is 0 Å². The minimum atomic E-state index is -0.189. The summed E-state index contributed by atoms with van der Waals surface area (Å²) in [6.07, 6.45) is 3.75. The Morgan fingerprint density at radius 2 is 1.89 bits per heavy atom. The fourth-order valence-corrected chi connectivity index (χ4v) is 3.61. The van der Waals surface area contributed by atoms with E-state index in [4.69, 9.17) is 16.7 Å². The Morgan fingerprint density at radius 3 is 2.50 bits per heavy atom. The van der Waals surface area contributed by atoms with Crippen LogP contribution < -0.4 is 0 Å². The van der Waals surface area contributed by atoms with Gasteiger partial charge in [0.25, 0.3) is 0 Å². The quantitative estimate of drug-likeness (QED) is 0.771. The van der Waals surface area contributed by atoms with Crippen molar-refractivity contribution in [1.29, 1.82) is 0 Å². The molecule has 106 valence electrons. The second-order valence-electron chi connectivity index (χ2n) is 6.22. The molecule has 2 aliphatic rings. The second-order valence-corrected chi connectivity index (χ2v) is 6.78. The Kier molecular flexibility index (Phi) is 5.31. The number of hydrogen-bond acceptors (Lipinski definition) is 3. The van der Waals surface area contributed by atoms with Gasteiger partial charge >= 0.3 is 0 Å². The number of alkyl halides is 1. The first-order valence-corrected chi connectivity index (χ1v) is 7.69. The number of piperidine rings is 1. The van der Waals surface area contributed by atoms with Crippen LogP contribution in [0.3, 0.4) is 0 Å². The summed E-state index contributed by atoms with van der Waals surface area (Å²) in [5.74, 6) is 1.24. The van der Waals surface area contributed by atoms with E-state index in [1.807, 2.05) is 0 Å². The molecule has 4 unspecified atom stereocenters. The number of aliphatic hydroxyl groups excluding tert-OH is 2. The first-order valence-electron chi connectivity index (χ1n) is 7.25. The van der Waals surface area contributed by atoms with Gasteiger partial charge in [0.1, 0.15) is 0 Å². The van der Waals surface area contributed by atoms with Crippen molar-refractivity contribution in [3.05, 3.63) is 0 Å². The van der Waals surface area contributed by atoms with Crippen molar-refractivity contribution < 1.29 is 10.2 Å². The SMILES string of the molecule is CC1CC(O)C(CN2CCC(CO)CC2)CC1Cl. The van der Waals surface area contributed by atoms with Crippen molar-refractivity contribution in [1.82, 2.24) is 4.90 Å². The molecule has 3 nitrogen and oxygen atoms in total. The molecule has 0 radical (unpaired) electrons. The van der Waals surface area contributed by atoms with E-state index < -0.39 is 0 Å². The monoisotopic (exact) mass is 275 g/mol. The fraction of sp³-hybridized carbons (Fsp3) is 1.00. The van der Waals surface area contributed by atoms with Crippen molar-refractivity contribution in [3.63, 3.8) is 0 Å². The summed E-state index contributed by atoms with van der Waals surface area (Å²) in [6, 6.07) is 0. The van der Waals surface area contributed by atoms with Gasteiger partial charge in [-0.3, -0.25) is 0 Å². The molecule has 4 atom stereocenters. The zero-order chi connectivity index (χ0) is 13.1. The molecule has 2 N–H and O–H groups in total. The summed E-state index contributed by atoms with van der Waals surface area (Å²) in [4.78, 5) is 2.43. The molecule has 18 heavy (non-hydrogen) atoms. The molecule has 0 aromatic carbocycles. The predicted molar refractivity (Wildman–Crippen MR) is 73.8 cm³/mol. The molecule has 1 saturated heterocycles. The van der Waals surface area contributed by atoms with Crippen LogP contribution in [0.2, 0.25) is 0 Å². The number of likely N-dealkylation sites (tertiary alicyclic amines) is 1. The summed E-state index contributed by atoms with van der Waals surface area (Å²) >= 11 is 6.33. The maximum absolute atomic E-state index is 10.2. The average molecular weight is 276 g/mol. The van der Waals surface area contributed by atoms with E-state index in [0.29, 0.717) is 24.4 Å². The largest absolute Gasteiger partial charge is 0.396 e. The lowest BCUT2D eigenvalue weighted by Gasteiger charge is -2.39. The van der Waals surface area contributed by atoms with Crippen molar-refractivity contribution in [3.8, 4) is 0 Å². The molecular weight excluding hydrogens is 250 g/mol. The van der Waals surface area contributed by atoms with Crippen molar-refractivity contribution in [2.45, 2.75) is 44.1 Å². The minimum Gasteiger partial charge on any atom is -0.396 e. The third-order valence-corrected chi connectivity index (χ3v) is 5.37. The van der Waals surface area contributed by atoms with Gasteiger partial charge < -0.3 is 15.1 Å². The van der Waals surface area contributed by atoms with Crippen LogP contribution in [0, 0.1) is 17.8 Å². The molecule has 0 bridgehead atoms. The molecule has 0 amide bonds. The Labute approximate surface area is 115 Å². The number of halogens is 1.